The van der Waals surface area contributed by atoms with Gasteiger partial charge in [-0.2, -0.15) is 5.26 Å². The van der Waals surface area contributed by atoms with Gasteiger partial charge in [0.2, 0.25) is 0 Å². The summed E-state index contributed by atoms with van der Waals surface area (Å²) in [6.45, 7) is 2.06. The number of rotatable bonds is 1. The molecular formula is C12H11NS2. The van der Waals surface area contributed by atoms with E-state index in [0.717, 1.165) is 22.6 Å². The molecule has 1 aliphatic heterocycles. The van der Waals surface area contributed by atoms with Gasteiger partial charge in [-0.25, -0.2) is 0 Å². The number of allylic oxidation sites excluding steroid dienone is 1. The fraction of sp³-hybridized carbons (Fsp3) is 0.250. The van der Waals surface area contributed by atoms with E-state index in [-0.39, 0.29) is 0 Å². The molecule has 0 N–H and O–H groups in total. The van der Waals surface area contributed by atoms with E-state index in [1.807, 2.05) is 12.1 Å². The molecule has 1 fully saturated rings. The van der Waals surface area contributed by atoms with Crippen molar-refractivity contribution in [2.75, 3.05) is 11.5 Å². The highest BCUT2D eigenvalue weighted by Gasteiger charge is 2.15. The molecule has 0 amide bonds. The Labute approximate surface area is 98.6 Å². The molecule has 0 atom stereocenters. The lowest BCUT2D eigenvalue weighted by molar-refractivity contribution is 1.45. The van der Waals surface area contributed by atoms with Crippen LogP contribution in [0.1, 0.15) is 11.1 Å². The first-order valence-electron chi connectivity index (χ1n) is 4.78. The summed E-state index contributed by atoms with van der Waals surface area (Å²) < 4.78 is 1.18. The number of aryl methyl sites for hydroxylation is 1. The fourth-order valence-corrected chi connectivity index (χ4v) is 3.89. The number of nitrogens with zero attached hydrogens (tertiary/aromatic N) is 1. The highest BCUT2D eigenvalue weighted by atomic mass is 32.2. The summed E-state index contributed by atoms with van der Waals surface area (Å²) in [6.07, 6.45) is 0. The molecule has 1 aliphatic rings. The molecule has 1 nitrogen and oxygen atoms in total. The van der Waals surface area contributed by atoms with Gasteiger partial charge in [0.1, 0.15) is 6.07 Å². The molecule has 1 saturated heterocycles. The minimum atomic E-state index is 0.836. The first-order chi connectivity index (χ1) is 7.31. The molecule has 0 unspecified atom stereocenters. The second-order valence-corrected chi connectivity index (χ2v) is 5.81. The van der Waals surface area contributed by atoms with Crippen LogP contribution in [0, 0.1) is 18.3 Å². The average molecular weight is 233 g/mol. The normalized spacial score (nSPS) is 15.1. The van der Waals surface area contributed by atoms with Crippen LogP contribution >= 0.6 is 23.5 Å². The van der Waals surface area contributed by atoms with Gasteiger partial charge in [0.05, 0.1) is 9.81 Å². The van der Waals surface area contributed by atoms with Gasteiger partial charge in [-0.05, 0) is 12.5 Å². The Balaban J connectivity index is 2.39. The van der Waals surface area contributed by atoms with Crippen LogP contribution in [0.15, 0.2) is 28.5 Å². The number of thioether (sulfide) groups is 2. The Morgan fingerprint density at radius 3 is 2.33 bits per heavy atom. The van der Waals surface area contributed by atoms with Gasteiger partial charge < -0.3 is 0 Å². The Morgan fingerprint density at radius 2 is 1.80 bits per heavy atom. The molecule has 0 aliphatic carbocycles. The van der Waals surface area contributed by atoms with Crippen LogP contribution in [0.4, 0.5) is 0 Å². The van der Waals surface area contributed by atoms with Crippen molar-refractivity contribution in [2.45, 2.75) is 6.92 Å². The summed E-state index contributed by atoms with van der Waals surface area (Å²) in [5.74, 6) is 2.24. The average Bonchev–Trinajstić information content (AvgIpc) is 2.75. The van der Waals surface area contributed by atoms with Crippen LogP contribution in [0.2, 0.25) is 0 Å². The molecule has 0 spiro atoms. The molecule has 0 radical (unpaired) electrons. The van der Waals surface area contributed by atoms with Crippen molar-refractivity contribution in [2.24, 2.45) is 0 Å². The van der Waals surface area contributed by atoms with Crippen LogP contribution in [0.5, 0.6) is 0 Å². The van der Waals surface area contributed by atoms with Crippen molar-refractivity contribution in [1.82, 2.24) is 0 Å². The van der Waals surface area contributed by atoms with Crippen molar-refractivity contribution in [3.8, 4) is 6.07 Å². The van der Waals surface area contributed by atoms with Gasteiger partial charge in [0, 0.05) is 11.5 Å². The Hall–Kier alpha value is -0.850. The van der Waals surface area contributed by atoms with Gasteiger partial charge in [-0.3, -0.25) is 0 Å². The van der Waals surface area contributed by atoms with E-state index in [9.17, 15) is 5.26 Å². The summed E-state index contributed by atoms with van der Waals surface area (Å²) in [7, 11) is 0. The van der Waals surface area contributed by atoms with Crippen molar-refractivity contribution in [1.29, 1.82) is 5.26 Å². The van der Waals surface area contributed by atoms with Crippen LogP contribution in [-0.4, -0.2) is 11.5 Å². The molecule has 1 aromatic carbocycles. The van der Waals surface area contributed by atoms with E-state index in [0.29, 0.717) is 0 Å². The van der Waals surface area contributed by atoms with E-state index in [2.05, 4.69) is 25.1 Å². The highest BCUT2D eigenvalue weighted by Crippen LogP contribution is 2.41. The largest absolute Gasteiger partial charge is 0.192 e. The second kappa shape index (κ2) is 4.78. The molecule has 2 rings (SSSR count). The third-order valence-electron chi connectivity index (χ3n) is 2.21. The number of nitriles is 1. The van der Waals surface area contributed by atoms with Crippen molar-refractivity contribution < 1.29 is 0 Å². The molecular weight excluding hydrogens is 222 g/mol. The number of benzene rings is 1. The van der Waals surface area contributed by atoms with Crippen LogP contribution in [0.3, 0.4) is 0 Å². The minimum Gasteiger partial charge on any atom is -0.192 e. The van der Waals surface area contributed by atoms with Crippen molar-refractivity contribution >= 4 is 29.1 Å². The third kappa shape index (κ3) is 2.39. The summed E-state index contributed by atoms with van der Waals surface area (Å²) in [6, 6.07) is 10.5. The maximum absolute atomic E-state index is 9.17. The summed E-state index contributed by atoms with van der Waals surface area (Å²) in [5.41, 5.74) is 3.11. The molecule has 76 valence electrons. The van der Waals surface area contributed by atoms with E-state index >= 15 is 0 Å². The lowest BCUT2D eigenvalue weighted by Crippen LogP contribution is -1.83. The maximum Gasteiger partial charge on any atom is 0.101 e. The van der Waals surface area contributed by atoms with Crippen molar-refractivity contribution in [3.63, 3.8) is 0 Å². The second-order valence-electron chi connectivity index (χ2n) is 3.34. The Morgan fingerprint density at radius 1 is 1.20 bits per heavy atom. The minimum absolute atomic E-state index is 0.836. The zero-order valence-corrected chi connectivity index (χ0v) is 10.1. The predicted molar refractivity (Wildman–Crippen MR) is 68.6 cm³/mol. The van der Waals surface area contributed by atoms with E-state index in [1.54, 1.807) is 23.5 Å². The van der Waals surface area contributed by atoms with E-state index in [1.165, 1.54) is 9.80 Å². The number of hydrogen-bond donors (Lipinski definition) is 0. The zero-order chi connectivity index (χ0) is 10.7. The summed E-state index contributed by atoms with van der Waals surface area (Å²) in [4.78, 5) is 0. The molecule has 1 heterocycles. The number of hydrogen-bond acceptors (Lipinski definition) is 3. The molecule has 0 bridgehead atoms. The van der Waals surface area contributed by atoms with Gasteiger partial charge in [0.25, 0.3) is 0 Å². The molecule has 0 saturated carbocycles. The SMILES string of the molecule is Cc1ccc(C(C#N)=C2SCCS2)cc1. The maximum atomic E-state index is 9.17. The Kier molecular flexibility index (Phi) is 3.40. The first-order valence-corrected chi connectivity index (χ1v) is 6.75. The predicted octanol–water partition coefficient (Wildman–Crippen LogP) is 3.67. The van der Waals surface area contributed by atoms with Gasteiger partial charge >= 0.3 is 0 Å². The molecule has 15 heavy (non-hydrogen) atoms. The standard InChI is InChI=1S/C12H11NS2/c1-9-2-4-10(5-3-9)11(8-13)12-14-6-7-15-12/h2-5H,6-7H2,1H3. The van der Waals surface area contributed by atoms with Gasteiger partial charge in [-0.15, -0.1) is 23.5 Å². The van der Waals surface area contributed by atoms with Crippen LogP contribution in [0.25, 0.3) is 5.57 Å². The summed E-state index contributed by atoms with van der Waals surface area (Å²) >= 11 is 3.59. The molecule has 3 heteroatoms. The smallest absolute Gasteiger partial charge is 0.101 e. The lowest BCUT2D eigenvalue weighted by atomic mass is 10.1. The molecule has 1 aromatic rings. The van der Waals surface area contributed by atoms with Crippen LogP contribution < -0.4 is 0 Å². The summed E-state index contributed by atoms with van der Waals surface area (Å²) in [5, 5.41) is 9.17. The highest BCUT2D eigenvalue weighted by molar-refractivity contribution is 8.25. The molecule has 0 aromatic heterocycles. The van der Waals surface area contributed by atoms with Gasteiger partial charge in [-0.1, -0.05) is 29.8 Å². The van der Waals surface area contributed by atoms with Crippen LogP contribution in [-0.2, 0) is 0 Å². The third-order valence-corrected chi connectivity index (χ3v) is 4.92. The first kappa shape index (κ1) is 10.7. The Bertz CT molecular complexity index is 418. The quantitative estimate of drug-likeness (QED) is 0.692. The van der Waals surface area contributed by atoms with Crippen molar-refractivity contribution in [3.05, 3.63) is 39.6 Å². The van der Waals surface area contributed by atoms with E-state index in [4.69, 9.17) is 0 Å². The zero-order valence-electron chi connectivity index (χ0n) is 8.49. The van der Waals surface area contributed by atoms with E-state index < -0.39 is 0 Å². The fourth-order valence-electron chi connectivity index (χ4n) is 1.40. The monoisotopic (exact) mass is 233 g/mol. The topological polar surface area (TPSA) is 23.8 Å². The van der Waals surface area contributed by atoms with Gasteiger partial charge in [0.15, 0.2) is 0 Å². The lowest BCUT2D eigenvalue weighted by Gasteiger charge is -2.02.